The maximum Gasteiger partial charge on any atom is 0.354 e. The predicted octanol–water partition coefficient (Wildman–Crippen LogP) is 0.876. The number of aromatic nitrogens is 1. The fourth-order valence-corrected chi connectivity index (χ4v) is 1.93. The van der Waals surface area contributed by atoms with Crippen molar-refractivity contribution in [2.24, 2.45) is 0 Å². The molecule has 5 nitrogen and oxygen atoms in total. The lowest BCUT2D eigenvalue weighted by Gasteiger charge is -2.00. The molecule has 0 atom stereocenters. The van der Waals surface area contributed by atoms with Crippen LogP contribution in [-0.2, 0) is 4.74 Å². The number of carbonyl (C=O) groups excluding carboxylic acids is 1. The van der Waals surface area contributed by atoms with Gasteiger partial charge in [-0.2, -0.15) is 0 Å². The van der Waals surface area contributed by atoms with E-state index in [9.17, 15) is 4.79 Å². The van der Waals surface area contributed by atoms with E-state index in [0.29, 0.717) is 11.0 Å². The van der Waals surface area contributed by atoms with Gasteiger partial charge in [0.1, 0.15) is 5.69 Å². The molecular formula is C10H10NO4P. The van der Waals surface area contributed by atoms with Gasteiger partial charge in [0.05, 0.1) is 7.11 Å². The number of benzene rings is 1. The summed E-state index contributed by atoms with van der Waals surface area (Å²) in [5, 5.41) is 1.19. The molecule has 1 aromatic carbocycles. The first-order chi connectivity index (χ1) is 7.61. The lowest BCUT2D eigenvalue weighted by molar-refractivity contribution is 0.0595. The third-order valence-electron chi connectivity index (χ3n) is 2.24. The van der Waals surface area contributed by atoms with Crippen molar-refractivity contribution in [1.82, 2.24) is 4.98 Å². The Hall–Kier alpha value is -1.42. The number of hydrogen-bond acceptors (Lipinski definition) is 4. The summed E-state index contributed by atoms with van der Waals surface area (Å²) in [5.74, 6) is -0.451. The Balaban J connectivity index is 2.50. The molecule has 2 rings (SSSR count). The number of ether oxygens (including phenoxy) is 1. The Labute approximate surface area is 92.6 Å². The molecule has 0 aliphatic rings. The summed E-state index contributed by atoms with van der Waals surface area (Å²) in [7, 11) is -0.803. The van der Waals surface area contributed by atoms with E-state index in [-0.39, 0.29) is 0 Å². The molecule has 6 heteroatoms. The largest absolute Gasteiger partial charge is 0.464 e. The van der Waals surface area contributed by atoms with Gasteiger partial charge in [-0.25, -0.2) is 4.79 Å². The van der Waals surface area contributed by atoms with Gasteiger partial charge in [0.15, 0.2) is 8.38 Å². The third kappa shape index (κ3) is 1.93. The molecule has 0 saturated heterocycles. The molecule has 0 spiro atoms. The number of fused-ring (bicyclic) bond motifs is 1. The lowest BCUT2D eigenvalue weighted by Crippen LogP contribution is -2.00. The molecule has 0 aliphatic carbocycles. The van der Waals surface area contributed by atoms with Crippen molar-refractivity contribution >= 4 is 30.6 Å². The van der Waals surface area contributed by atoms with Crippen LogP contribution in [0.1, 0.15) is 10.5 Å². The molecule has 0 fully saturated rings. The van der Waals surface area contributed by atoms with Crippen molar-refractivity contribution in [2.45, 2.75) is 0 Å². The van der Waals surface area contributed by atoms with E-state index in [2.05, 4.69) is 9.72 Å². The maximum absolute atomic E-state index is 11.3. The molecule has 0 amide bonds. The minimum absolute atomic E-state index is 0.342. The van der Waals surface area contributed by atoms with Crippen LogP contribution in [0.25, 0.3) is 10.9 Å². The number of rotatable bonds is 2. The molecule has 1 heterocycles. The molecule has 2 aromatic rings. The highest BCUT2D eigenvalue weighted by Gasteiger charge is 2.11. The number of methoxy groups -OCH3 is 1. The standard InChI is InChI=1S/C10H10NO4P/c1-15-10(12)9-5-6-4-7(16(13)14)2-3-8(6)11-9/h2-5,11,13-14H,1H3. The SMILES string of the molecule is COC(=O)c1cc2cc(P(O)O)ccc2[nH]1. The van der Waals surface area contributed by atoms with Crippen molar-refractivity contribution in [1.29, 1.82) is 0 Å². The molecule has 1 aromatic heterocycles. The van der Waals surface area contributed by atoms with Crippen LogP contribution in [0.4, 0.5) is 0 Å². The molecule has 16 heavy (non-hydrogen) atoms. The second-order valence-corrected chi connectivity index (χ2v) is 4.33. The van der Waals surface area contributed by atoms with Gasteiger partial charge in [0.2, 0.25) is 0 Å². The average Bonchev–Trinajstić information content (AvgIpc) is 2.70. The number of aromatic amines is 1. The number of carbonyl (C=O) groups is 1. The first-order valence-corrected chi connectivity index (χ1v) is 5.75. The monoisotopic (exact) mass is 239 g/mol. The summed E-state index contributed by atoms with van der Waals surface area (Å²) in [6.45, 7) is 0. The first-order valence-electron chi connectivity index (χ1n) is 4.51. The summed E-state index contributed by atoms with van der Waals surface area (Å²) >= 11 is 0. The van der Waals surface area contributed by atoms with Crippen LogP contribution in [0.15, 0.2) is 24.3 Å². The van der Waals surface area contributed by atoms with Gasteiger partial charge >= 0.3 is 5.97 Å². The van der Waals surface area contributed by atoms with Crippen LogP contribution in [-0.4, -0.2) is 27.8 Å². The predicted molar refractivity (Wildman–Crippen MR) is 60.6 cm³/mol. The summed E-state index contributed by atoms with van der Waals surface area (Å²) in [5.41, 5.74) is 1.09. The topological polar surface area (TPSA) is 82.6 Å². The van der Waals surface area contributed by atoms with Crippen LogP contribution >= 0.6 is 8.38 Å². The minimum Gasteiger partial charge on any atom is -0.464 e. The van der Waals surface area contributed by atoms with Gasteiger partial charge in [-0.1, -0.05) is 0 Å². The van der Waals surface area contributed by atoms with Crippen molar-refractivity contribution < 1.29 is 19.3 Å². The van der Waals surface area contributed by atoms with Gasteiger partial charge in [-0.05, 0) is 24.3 Å². The molecule has 0 aliphatic heterocycles. The van der Waals surface area contributed by atoms with Crippen molar-refractivity contribution in [3.05, 3.63) is 30.0 Å². The van der Waals surface area contributed by atoms with Gasteiger partial charge in [-0.3, -0.25) is 0 Å². The zero-order chi connectivity index (χ0) is 11.7. The highest BCUT2D eigenvalue weighted by molar-refractivity contribution is 7.54. The van der Waals surface area contributed by atoms with Crippen LogP contribution < -0.4 is 5.30 Å². The Morgan fingerprint density at radius 2 is 2.12 bits per heavy atom. The second kappa shape index (κ2) is 4.22. The Morgan fingerprint density at radius 1 is 1.38 bits per heavy atom. The molecule has 3 N–H and O–H groups in total. The third-order valence-corrected chi connectivity index (χ3v) is 2.98. The second-order valence-electron chi connectivity index (χ2n) is 3.24. The van der Waals surface area contributed by atoms with Gasteiger partial charge < -0.3 is 19.5 Å². The van der Waals surface area contributed by atoms with Gasteiger partial charge in [-0.15, -0.1) is 0 Å². The normalized spacial score (nSPS) is 11.0. The number of esters is 1. The van der Waals surface area contributed by atoms with E-state index in [0.717, 1.165) is 10.9 Å². The number of nitrogens with one attached hydrogen (secondary N) is 1. The van der Waals surface area contributed by atoms with E-state index >= 15 is 0 Å². The van der Waals surface area contributed by atoms with Gasteiger partial charge in [0.25, 0.3) is 0 Å². The molecule has 84 valence electrons. The fourth-order valence-electron chi connectivity index (χ4n) is 1.46. The lowest BCUT2D eigenvalue weighted by atomic mass is 10.2. The van der Waals surface area contributed by atoms with Crippen molar-refractivity contribution in [3.8, 4) is 0 Å². The zero-order valence-electron chi connectivity index (χ0n) is 8.47. The highest BCUT2D eigenvalue weighted by Crippen LogP contribution is 2.24. The van der Waals surface area contributed by atoms with Crippen LogP contribution in [0, 0.1) is 0 Å². The number of H-pyrrole nitrogens is 1. The van der Waals surface area contributed by atoms with Gasteiger partial charge in [0, 0.05) is 16.2 Å². The summed E-state index contributed by atoms with van der Waals surface area (Å²) in [6.07, 6.45) is 0. The molecule has 0 bridgehead atoms. The van der Waals surface area contributed by atoms with Crippen LogP contribution in [0.5, 0.6) is 0 Å². The Kier molecular flexibility index (Phi) is 2.92. The Bertz CT molecular complexity index is 535. The first kappa shape index (κ1) is 11.1. The summed E-state index contributed by atoms with van der Waals surface area (Å²) in [6, 6.07) is 6.54. The van der Waals surface area contributed by atoms with Crippen molar-refractivity contribution in [3.63, 3.8) is 0 Å². The zero-order valence-corrected chi connectivity index (χ0v) is 9.36. The van der Waals surface area contributed by atoms with E-state index in [1.807, 2.05) is 0 Å². The fraction of sp³-hybridized carbons (Fsp3) is 0.100. The highest BCUT2D eigenvalue weighted by atomic mass is 31.2. The molecular weight excluding hydrogens is 229 g/mol. The van der Waals surface area contributed by atoms with Crippen LogP contribution in [0.3, 0.4) is 0 Å². The van der Waals surface area contributed by atoms with E-state index in [1.165, 1.54) is 7.11 Å². The Morgan fingerprint density at radius 3 is 2.75 bits per heavy atom. The average molecular weight is 239 g/mol. The molecule has 0 saturated carbocycles. The van der Waals surface area contributed by atoms with Crippen LogP contribution in [0.2, 0.25) is 0 Å². The summed E-state index contributed by atoms with van der Waals surface area (Å²) < 4.78 is 4.58. The quantitative estimate of drug-likeness (QED) is 0.536. The van der Waals surface area contributed by atoms with E-state index in [4.69, 9.17) is 9.79 Å². The smallest absolute Gasteiger partial charge is 0.354 e. The number of hydrogen-bond donors (Lipinski definition) is 3. The van der Waals surface area contributed by atoms with E-state index in [1.54, 1.807) is 24.3 Å². The molecule has 0 unspecified atom stereocenters. The summed E-state index contributed by atoms with van der Waals surface area (Å²) in [4.78, 5) is 32.3. The maximum atomic E-state index is 11.3. The van der Waals surface area contributed by atoms with Crippen molar-refractivity contribution in [2.75, 3.05) is 7.11 Å². The van der Waals surface area contributed by atoms with E-state index < -0.39 is 14.3 Å². The molecule has 0 radical (unpaired) electrons. The minimum atomic E-state index is -2.11.